The normalized spacial score (nSPS) is 30.6. The quantitative estimate of drug-likeness (QED) is 0.129. The predicted octanol–water partition coefficient (Wildman–Crippen LogP) is 6.59. The van der Waals surface area contributed by atoms with Crippen molar-refractivity contribution in [3.8, 4) is 0 Å². The number of ether oxygens (including phenoxy) is 4. The third-order valence-electron chi connectivity index (χ3n) is 9.75. The average Bonchev–Trinajstić information content (AvgIpc) is 3.71. The van der Waals surface area contributed by atoms with E-state index < -0.39 is 46.7 Å². The highest BCUT2D eigenvalue weighted by Crippen LogP contribution is 2.72. The van der Waals surface area contributed by atoms with Crippen LogP contribution in [0.5, 0.6) is 0 Å². The van der Waals surface area contributed by atoms with Gasteiger partial charge in [0.05, 0.1) is 16.7 Å². The molecule has 1 heterocycles. The van der Waals surface area contributed by atoms with Crippen LogP contribution in [0.3, 0.4) is 0 Å². The van der Waals surface area contributed by atoms with Crippen LogP contribution in [0.4, 0.5) is 0 Å². The van der Waals surface area contributed by atoms with Crippen LogP contribution < -0.4 is 0 Å². The molecule has 2 aliphatic carbocycles. The van der Waals surface area contributed by atoms with Crippen LogP contribution in [0, 0.1) is 11.3 Å². The summed E-state index contributed by atoms with van der Waals surface area (Å²) in [5.74, 6) is -1.37. The van der Waals surface area contributed by atoms with Gasteiger partial charge in [0, 0.05) is 5.41 Å². The molecule has 0 N–H and O–H groups in total. The number of carbonyl (C=O) groups excluding carboxylic acids is 3. The minimum absolute atomic E-state index is 0.0167. The smallest absolute Gasteiger partial charge is 0.338 e. The van der Waals surface area contributed by atoms with Crippen LogP contribution in [0.1, 0.15) is 70.6 Å². The van der Waals surface area contributed by atoms with Gasteiger partial charge in [0.15, 0.2) is 5.60 Å². The number of hydrogen-bond acceptors (Lipinski definition) is 7. The maximum absolute atomic E-state index is 13.3. The van der Waals surface area contributed by atoms with Crippen LogP contribution in [0.25, 0.3) is 0 Å². The first-order chi connectivity index (χ1) is 20.7. The molecule has 7 nitrogen and oxygen atoms in total. The summed E-state index contributed by atoms with van der Waals surface area (Å²) in [5.41, 5.74) is -0.337. The Morgan fingerprint density at radius 2 is 1.28 bits per heavy atom. The molecule has 3 aromatic carbocycles. The van der Waals surface area contributed by atoms with Gasteiger partial charge in [0.2, 0.25) is 0 Å². The monoisotopic (exact) mass is 580 g/mol. The molecule has 6 rings (SSSR count). The molecule has 0 unspecified atom stereocenters. The van der Waals surface area contributed by atoms with Crippen molar-refractivity contribution < 1.29 is 33.3 Å². The minimum atomic E-state index is -1.11. The number of carbonyl (C=O) groups is 3. The second kappa shape index (κ2) is 11.1. The van der Waals surface area contributed by atoms with Gasteiger partial charge in [0.1, 0.15) is 24.4 Å². The molecule has 7 heteroatoms. The van der Waals surface area contributed by atoms with Gasteiger partial charge >= 0.3 is 17.9 Å². The second-order valence-corrected chi connectivity index (χ2v) is 12.2. The van der Waals surface area contributed by atoms with Crippen molar-refractivity contribution in [2.24, 2.45) is 11.3 Å². The molecule has 0 aromatic heterocycles. The molecule has 0 bridgehead atoms. The Morgan fingerprint density at radius 3 is 1.79 bits per heavy atom. The lowest BCUT2D eigenvalue weighted by atomic mass is 9.52. The number of allylic oxidation sites excluding steroid dienone is 1. The van der Waals surface area contributed by atoms with E-state index in [9.17, 15) is 14.4 Å². The lowest BCUT2D eigenvalue weighted by Gasteiger charge is -2.52. The molecular formula is C36H36O7. The van der Waals surface area contributed by atoms with E-state index >= 15 is 0 Å². The molecule has 222 valence electrons. The lowest BCUT2D eigenvalue weighted by Crippen LogP contribution is -2.62. The van der Waals surface area contributed by atoms with E-state index in [-0.39, 0.29) is 12.5 Å². The van der Waals surface area contributed by atoms with Gasteiger partial charge < -0.3 is 18.9 Å². The highest BCUT2D eigenvalue weighted by Gasteiger charge is 2.86. The Kier molecular flexibility index (Phi) is 7.46. The fourth-order valence-electron chi connectivity index (χ4n) is 7.21. The van der Waals surface area contributed by atoms with Crippen molar-refractivity contribution in [1.29, 1.82) is 0 Å². The number of epoxide rings is 1. The standard InChI is InChI=1S/C36H36O7/c1-24(2)28-21-30(42-33(39)27-17-11-6-12-18-27)34(3)20-19-29(41-32(38)26-15-9-5-10-16-26)35(36(34,22-28)43-35)23-40-31(37)25-13-7-4-8-14-25/h4-18,28-30H,1,19-23H2,2-3H3/t28-,29-,30-,34+,35-,36+/m1/s1. The SMILES string of the molecule is C=C(C)[C@@H]1C[C@@H](OC(=O)c2ccccc2)[C@]2(C)CC[C@@H](OC(=O)c3ccccc3)[C@@]3(COC(=O)c4ccccc4)O[C@@]23C1. The van der Waals surface area contributed by atoms with Crippen LogP contribution in [0.2, 0.25) is 0 Å². The largest absolute Gasteiger partial charge is 0.459 e. The molecule has 1 spiro atoms. The molecule has 0 radical (unpaired) electrons. The van der Waals surface area contributed by atoms with E-state index in [0.717, 1.165) is 5.57 Å². The van der Waals surface area contributed by atoms with Crippen LogP contribution in [-0.2, 0) is 18.9 Å². The third kappa shape index (κ3) is 4.95. The molecule has 1 saturated heterocycles. The summed E-state index contributed by atoms with van der Waals surface area (Å²) >= 11 is 0. The zero-order valence-corrected chi connectivity index (χ0v) is 24.5. The van der Waals surface area contributed by atoms with Gasteiger partial charge in [-0.1, -0.05) is 73.7 Å². The molecule has 3 aromatic rings. The first-order valence-corrected chi connectivity index (χ1v) is 14.8. The molecule has 1 aliphatic heterocycles. The summed E-state index contributed by atoms with van der Waals surface area (Å²) in [6, 6.07) is 26.5. The molecule has 2 saturated carbocycles. The predicted molar refractivity (Wildman–Crippen MR) is 159 cm³/mol. The Bertz CT molecular complexity index is 1520. The van der Waals surface area contributed by atoms with Crippen molar-refractivity contribution in [2.75, 3.05) is 6.61 Å². The lowest BCUT2D eigenvalue weighted by molar-refractivity contribution is -0.107. The maximum Gasteiger partial charge on any atom is 0.338 e. The first kappa shape index (κ1) is 28.9. The summed E-state index contributed by atoms with van der Waals surface area (Å²) in [6.45, 7) is 8.18. The van der Waals surface area contributed by atoms with Crippen molar-refractivity contribution in [2.45, 2.75) is 62.9 Å². The summed E-state index contributed by atoms with van der Waals surface area (Å²) < 4.78 is 25.2. The Hall–Kier alpha value is -4.23. The average molecular weight is 581 g/mol. The van der Waals surface area contributed by atoms with Crippen molar-refractivity contribution in [3.63, 3.8) is 0 Å². The first-order valence-electron chi connectivity index (χ1n) is 14.8. The maximum atomic E-state index is 13.3. The van der Waals surface area contributed by atoms with E-state index in [2.05, 4.69) is 13.5 Å². The van der Waals surface area contributed by atoms with Crippen molar-refractivity contribution in [1.82, 2.24) is 0 Å². The Morgan fingerprint density at radius 1 is 0.791 bits per heavy atom. The van der Waals surface area contributed by atoms with Crippen molar-refractivity contribution >= 4 is 17.9 Å². The number of rotatable bonds is 8. The fraction of sp³-hybridized carbons (Fsp3) is 0.361. The van der Waals surface area contributed by atoms with E-state index in [1.54, 1.807) is 72.8 Å². The van der Waals surface area contributed by atoms with Gasteiger partial charge in [-0.25, -0.2) is 14.4 Å². The Balaban J connectivity index is 1.34. The van der Waals surface area contributed by atoms with Crippen molar-refractivity contribution in [3.05, 3.63) is 120 Å². The molecule has 43 heavy (non-hydrogen) atoms. The summed E-state index contributed by atoms with van der Waals surface area (Å²) in [5, 5.41) is 0. The van der Waals surface area contributed by atoms with Gasteiger partial charge in [0.25, 0.3) is 0 Å². The highest BCUT2D eigenvalue weighted by molar-refractivity contribution is 5.90. The van der Waals surface area contributed by atoms with Gasteiger partial charge in [-0.05, 0) is 74.9 Å². The van der Waals surface area contributed by atoms with Gasteiger partial charge in [-0.2, -0.15) is 0 Å². The van der Waals surface area contributed by atoms with E-state index in [1.807, 2.05) is 25.1 Å². The zero-order valence-electron chi connectivity index (χ0n) is 24.5. The van der Waals surface area contributed by atoms with Crippen LogP contribution >= 0.6 is 0 Å². The number of esters is 3. The van der Waals surface area contributed by atoms with E-state index in [4.69, 9.17) is 18.9 Å². The minimum Gasteiger partial charge on any atom is -0.459 e. The topological polar surface area (TPSA) is 91.4 Å². The molecule has 3 fully saturated rings. The van der Waals surface area contributed by atoms with Gasteiger partial charge in [-0.3, -0.25) is 0 Å². The molecule has 6 atom stereocenters. The van der Waals surface area contributed by atoms with Gasteiger partial charge in [-0.15, -0.1) is 0 Å². The van der Waals surface area contributed by atoms with E-state index in [1.165, 1.54) is 0 Å². The Labute approximate surface area is 251 Å². The third-order valence-corrected chi connectivity index (χ3v) is 9.75. The molecule has 0 amide bonds. The second-order valence-electron chi connectivity index (χ2n) is 12.2. The molecule has 3 aliphatic rings. The number of hydrogen-bond donors (Lipinski definition) is 0. The fourth-order valence-corrected chi connectivity index (χ4v) is 7.21. The summed E-state index contributed by atoms with van der Waals surface area (Å²) in [7, 11) is 0. The highest BCUT2D eigenvalue weighted by atomic mass is 16.7. The summed E-state index contributed by atoms with van der Waals surface area (Å²) in [6.07, 6.45) is 1.06. The summed E-state index contributed by atoms with van der Waals surface area (Å²) in [4.78, 5) is 39.7. The van der Waals surface area contributed by atoms with Crippen LogP contribution in [0.15, 0.2) is 103 Å². The zero-order chi connectivity index (χ0) is 30.2. The molecular weight excluding hydrogens is 544 g/mol. The van der Waals surface area contributed by atoms with E-state index in [0.29, 0.717) is 42.4 Å². The number of benzene rings is 3. The van der Waals surface area contributed by atoms with Crippen LogP contribution in [-0.4, -0.2) is 47.9 Å².